The minimum absolute atomic E-state index is 0.0113. The zero-order valence-electron chi connectivity index (χ0n) is 9.21. The van der Waals surface area contributed by atoms with E-state index in [1.165, 1.54) is 12.4 Å². The SMILES string of the molecule is O=S(=O)(NCCc1ccsc1)c1cnc(Cl)nc1. The smallest absolute Gasteiger partial charge is 0.225 e. The number of hydrogen-bond donors (Lipinski definition) is 1. The standard InChI is InChI=1S/C10H10ClN3O2S2/c11-10-12-5-9(6-13-10)18(15,16)14-3-1-8-2-4-17-7-8/h2,4-7,14H,1,3H2. The van der Waals surface area contributed by atoms with Crippen LogP contribution in [0.25, 0.3) is 0 Å². The van der Waals surface area contributed by atoms with Crippen LogP contribution in [0.3, 0.4) is 0 Å². The van der Waals surface area contributed by atoms with Crippen LogP contribution in [0.15, 0.2) is 34.1 Å². The van der Waals surface area contributed by atoms with Crippen molar-refractivity contribution in [2.75, 3.05) is 6.54 Å². The largest absolute Gasteiger partial charge is 0.243 e. The molecular weight excluding hydrogens is 294 g/mol. The lowest BCUT2D eigenvalue weighted by Crippen LogP contribution is -2.26. The summed E-state index contributed by atoms with van der Waals surface area (Å²) in [5.41, 5.74) is 1.11. The normalized spacial score (nSPS) is 11.6. The maximum atomic E-state index is 11.8. The number of nitrogens with one attached hydrogen (secondary N) is 1. The van der Waals surface area contributed by atoms with Crippen LogP contribution in [0.1, 0.15) is 5.56 Å². The van der Waals surface area contributed by atoms with Gasteiger partial charge in [-0.15, -0.1) is 0 Å². The number of rotatable bonds is 5. The van der Waals surface area contributed by atoms with Gasteiger partial charge in [-0.25, -0.2) is 23.1 Å². The molecule has 2 rings (SSSR count). The molecule has 0 aliphatic rings. The maximum Gasteiger partial charge on any atom is 0.243 e. The van der Waals surface area contributed by atoms with Crippen LogP contribution in [-0.4, -0.2) is 24.9 Å². The summed E-state index contributed by atoms with van der Waals surface area (Å²) >= 11 is 7.08. The Morgan fingerprint density at radius 1 is 1.33 bits per heavy atom. The molecule has 0 fully saturated rings. The Morgan fingerprint density at radius 3 is 2.67 bits per heavy atom. The van der Waals surface area contributed by atoms with Gasteiger partial charge in [0.25, 0.3) is 0 Å². The molecule has 96 valence electrons. The predicted octanol–water partition coefficient (Wildman–Crippen LogP) is 1.71. The van der Waals surface area contributed by atoms with Crippen molar-refractivity contribution >= 4 is 33.0 Å². The van der Waals surface area contributed by atoms with Crippen molar-refractivity contribution in [1.29, 1.82) is 0 Å². The Labute approximate surface area is 114 Å². The lowest BCUT2D eigenvalue weighted by molar-refractivity contribution is 0.580. The van der Waals surface area contributed by atoms with Crippen LogP contribution in [0.4, 0.5) is 0 Å². The van der Waals surface area contributed by atoms with Gasteiger partial charge in [-0.05, 0) is 40.4 Å². The Morgan fingerprint density at radius 2 is 2.06 bits per heavy atom. The maximum absolute atomic E-state index is 11.8. The summed E-state index contributed by atoms with van der Waals surface area (Å²) < 4.78 is 26.2. The Bertz CT molecular complexity index is 597. The molecule has 0 atom stereocenters. The first-order valence-corrected chi connectivity index (χ1v) is 7.86. The van der Waals surface area contributed by atoms with Gasteiger partial charge in [0.05, 0.1) is 12.4 Å². The van der Waals surface area contributed by atoms with Crippen molar-refractivity contribution in [1.82, 2.24) is 14.7 Å². The topological polar surface area (TPSA) is 72.0 Å². The molecule has 0 aliphatic carbocycles. The number of thiophene rings is 1. The molecule has 2 heterocycles. The van der Waals surface area contributed by atoms with Gasteiger partial charge in [-0.3, -0.25) is 0 Å². The second-order valence-corrected chi connectivity index (χ2v) is 6.35. The fourth-order valence-electron chi connectivity index (χ4n) is 1.29. The van der Waals surface area contributed by atoms with Crippen molar-refractivity contribution in [2.45, 2.75) is 11.3 Å². The summed E-state index contributed by atoms with van der Waals surface area (Å²) in [5.74, 6) is 0. The molecule has 0 spiro atoms. The average Bonchev–Trinajstić information content (AvgIpc) is 2.82. The van der Waals surface area contributed by atoms with Crippen LogP contribution in [0.5, 0.6) is 0 Å². The number of hydrogen-bond acceptors (Lipinski definition) is 5. The molecule has 1 N–H and O–H groups in total. The number of halogens is 1. The fraction of sp³-hybridized carbons (Fsp3) is 0.200. The van der Waals surface area contributed by atoms with Crippen LogP contribution in [-0.2, 0) is 16.4 Å². The number of aromatic nitrogens is 2. The van der Waals surface area contributed by atoms with E-state index in [1.807, 2.05) is 16.8 Å². The molecule has 0 radical (unpaired) electrons. The number of nitrogens with zero attached hydrogens (tertiary/aromatic N) is 2. The van der Waals surface area contributed by atoms with Crippen molar-refractivity contribution < 1.29 is 8.42 Å². The van der Waals surface area contributed by atoms with Crippen LogP contribution < -0.4 is 4.72 Å². The third kappa shape index (κ3) is 3.49. The molecular formula is C10H10ClN3O2S2. The molecule has 18 heavy (non-hydrogen) atoms. The molecule has 0 bridgehead atoms. The van der Waals surface area contributed by atoms with Gasteiger partial charge in [0.1, 0.15) is 4.90 Å². The lowest BCUT2D eigenvalue weighted by atomic mass is 10.2. The molecule has 0 unspecified atom stereocenters. The molecule has 5 nitrogen and oxygen atoms in total. The minimum atomic E-state index is -3.56. The third-order valence-corrected chi connectivity index (χ3v) is 4.54. The summed E-state index contributed by atoms with van der Waals surface area (Å²) in [6, 6.07) is 1.96. The zero-order chi connectivity index (χ0) is 13.0. The van der Waals surface area contributed by atoms with E-state index < -0.39 is 10.0 Å². The molecule has 8 heteroatoms. The molecule has 0 saturated carbocycles. The van der Waals surface area contributed by atoms with Crippen molar-refractivity contribution in [3.05, 3.63) is 40.1 Å². The van der Waals surface area contributed by atoms with E-state index >= 15 is 0 Å². The van der Waals surface area contributed by atoms with Gasteiger partial charge in [0.15, 0.2) is 0 Å². The summed E-state index contributed by atoms with van der Waals surface area (Å²) in [5, 5.41) is 3.96. The van der Waals surface area contributed by atoms with Gasteiger partial charge < -0.3 is 0 Å². The first-order valence-electron chi connectivity index (χ1n) is 5.06. The van der Waals surface area contributed by atoms with Crippen molar-refractivity contribution in [3.8, 4) is 0 Å². The van der Waals surface area contributed by atoms with E-state index in [9.17, 15) is 8.42 Å². The number of sulfonamides is 1. The highest BCUT2D eigenvalue weighted by molar-refractivity contribution is 7.89. The zero-order valence-corrected chi connectivity index (χ0v) is 11.6. The summed E-state index contributed by atoms with van der Waals surface area (Å²) in [4.78, 5) is 7.29. The van der Waals surface area contributed by atoms with Gasteiger partial charge >= 0.3 is 0 Å². The third-order valence-electron chi connectivity index (χ3n) is 2.19. The van der Waals surface area contributed by atoms with Crippen LogP contribution in [0.2, 0.25) is 5.28 Å². The van der Waals surface area contributed by atoms with Crippen molar-refractivity contribution in [3.63, 3.8) is 0 Å². The summed E-state index contributed by atoms with van der Waals surface area (Å²) in [7, 11) is -3.56. The molecule has 2 aromatic rings. The van der Waals surface area contributed by atoms with E-state index in [0.29, 0.717) is 13.0 Å². The van der Waals surface area contributed by atoms with Crippen LogP contribution in [0, 0.1) is 0 Å². The fourth-order valence-corrected chi connectivity index (χ4v) is 3.01. The van der Waals surface area contributed by atoms with Gasteiger partial charge in [0, 0.05) is 6.54 Å². The lowest BCUT2D eigenvalue weighted by Gasteiger charge is -2.05. The molecule has 0 saturated heterocycles. The van der Waals surface area contributed by atoms with Gasteiger partial charge in [-0.2, -0.15) is 11.3 Å². The van der Waals surface area contributed by atoms with Crippen LogP contribution >= 0.6 is 22.9 Å². The second-order valence-electron chi connectivity index (χ2n) is 3.47. The van der Waals surface area contributed by atoms with Gasteiger partial charge in [-0.1, -0.05) is 0 Å². The summed E-state index contributed by atoms with van der Waals surface area (Å²) in [6.07, 6.45) is 3.02. The van der Waals surface area contributed by atoms with Crippen molar-refractivity contribution in [2.24, 2.45) is 0 Å². The molecule has 0 aromatic carbocycles. The molecule has 2 aromatic heterocycles. The molecule has 0 aliphatic heterocycles. The quantitative estimate of drug-likeness (QED) is 0.854. The Hall–Kier alpha value is -1.02. The van der Waals surface area contributed by atoms with Gasteiger partial charge in [0.2, 0.25) is 15.3 Å². The van der Waals surface area contributed by atoms with E-state index in [2.05, 4.69) is 14.7 Å². The highest BCUT2D eigenvalue weighted by Crippen LogP contribution is 2.09. The first-order chi connectivity index (χ1) is 8.58. The first kappa shape index (κ1) is 13.4. The average molecular weight is 304 g/mol. The van der Waals surface area contributed by atoms with E-state index in [4.69, 9.17) is 11.6 Å². The second kappa shape index (κ2) is 5.75. The van der Waals surface area contributed by atoms with E-state index in [1.54, 1.807) is 11.3 Å². The Kier molecular flexibility index (Phi) is 4.28. The monoisotopic (exact) mass is 303 g/mol. The summed E-state index contributed by atoms with van der Waals surface area (Å²) in [6.45, 7) is 0.335. The highest BCUT2D eigenvalue weighted by Gasteiger charge is 2.14. The van der Waals surface area contributed by atoms with E-state index in [0.717, 1.165) is 5.56 Å². The minimum Gasteiger partial charge on any atom is -0.225 e. The predicted molar refractivity (Wildman–Crippen MR) is 70.3 cm³/mol. The molecule has 0 amide bonds. The highest BCUT2D eigenvalue weighted by atomic mass is 35.5. The van der Waals surface area contributed by atoms with E-state index in [-0.39, 0.29) is 10.2 Å². The Balaban J connectivity index is 1.97.